The Morgan fingerprint density at radius 3 is 2.68 bits per heavy atom. The number of carbonyl (C=O) groups excluding carboxylic acids is 1. The zero-order chi connectivity index (χ0) is 14.1. The lowest BCUT2D eigenvalue weighted by Gasteiger charge is -2.06. The highest BCUT2D eigenvalue weighted by molar-refractivity contribution is 5.94. The van der Waals surface area contributed by atoms with Crippen LogP contribution in [0.5, 0.6) is 0 Å². The van der Waals surface area contributed by atoms with Gasteiger partial charge in [-0.15, -0.1) is 0 Å². The minimum absolute atomic E-state index is 0.0965. The van der Waals surface area contributed by atoms with Crippen molar-refractivity contribution in [2.24, 2.45) is 0 Å². The van der Waals surface area contributed by atoms with Gasteiger partial charge in [0.1, 0.15) is 0 Å². The van der Waals surface area contributed by atoms with Gasteiger partial charge in [0.15, 0.2) is 11.6 Å². The van der Waals surface area contributed by atoms with Crippen molar-refractivity contribution in [3.8, 4) is 0 Å². The van der Waals surface area contributed by atoms with E-state index in [1.54, 1.807) is 7.11 Å². The molecule has 4 nitrogen and oxygen atoms in total. The Kier molecular flexibility index (Phi) is 6.99. The van der Waals surface area contributed by atoms with Crippen molar-refractivity contribution in [3.05, 3.63) is 35.4 Å². The summed E-state index contributed by atoms with van der Waals surface area (Å²) in [4.78, 5) is 11.6. The number of halogens is 2. The maximum Gasteiger partial charge on any atom is 0.251 e. The van der Waals surface area contributed by atoms with E-state index in [2.05, 4.69) is 5.32 Å². The van der Waals surface area contributed by atoms with Crippen molar-refractivity contribution in [1.82, 2.24) is 5.32 Å². The number of nitrogens with one attached hydrogen (secondary N) is 1. The summed E-state index contributed by atoms with van der Waals surface area (Å²) in [6.07, 6.45) is 0.638. The number of amides is 1. The predicted octanol–water partition coefficient (Wildman–Crippen LogP) is 1.75. The molecule has 0 aromatic heterocycles. The summed E-state index contributed by atoms with van der Waals surface area (Å²) in [6, 6.07) is 3.04. The normalized spacial score (nSPS) is 10.5. The van der Waals surface area contributed by atoms with Crippen LogP contribution in [0.1, 0.15) is 16.8 Å². The zero-order valence-electron chi connectivity index (χ0n) is 10.7. The average Bonchev–Trinajstić information content (AvgIpc) is 2.40. The number of rotatable bonds is 8. The summed E-state index contributed by atoms with van der Waals surface area (Å²) in [7, 11) is 1.59. The van der Waals surface area contributed by atoms with Gasteiger partial charge in [-0.2, -0.15) is 0 Å². The summed E-state index contributed by atoms with van der Waals surface area (Å²) in [5, 5.41) is 2.60. The molecule has 0 saturated carbocycles. The molecule has 0 bridgehead atoms. The fraction of sp³-hybridized carbons (Fsp3) is 0.462. The number of carbonyl (C=O) groups is 1. The number of methoxy groups -OCH3 is 1. The zero-order valence-corrected chi connectivity index (χ0v) is 10.7. The van der Waals surface area contributed by atoms with Gasteiger partial charge in [0, 0.05) is 25.8 Å². The van der Waals surface area contributed by atoms with E-state index in [0.29, 0.717) is 32.8 Å². The highest BCUT2D eigenvalue weighted by Crippen LogP contribution is 2.08. The van der Waals surface area contributed by atoms with E-state index in [1.807, 2.05) is 0 Å². The molecule has 106 valence electrons. The number of ether oxygens (including phenoxy) is 2. The Morgan fingerprint density at radius 2 is 2.00 bits per heavy atom. The third-order valence-electron chi connectivity index (χ3n) is 2.36. The molecule has 0 saturated heterocycles. The predicted molar refractivity (Wildman–Crippen MR) is 66.0 cm³/mol. The van der Waals surface area contributed by atoms with E-state index in [0.717, 1.165) is 12.1 Å². The lowest BCUT2D eigenvalue weighted by atomic mass is 10.2. The maximum absolute atomic E-state index is 12.9. The molecule has 1 aromatic rings. The van der Waals surface area contributed by atoms with Crippen LogP contribution >= 0.6 is 0 Å². The Bertz CT molecular complexity index is 413. The smallest absolute Gasteiger partial charge is 0.251 e. The second-order valence-electron chi connectivity index (χ2n) is 3.84. The van der Waals surface area contributed by atoms with E-state index in [4.69, 9.17) is 9.47 Å². The van der Waals surface area contributed by atoms with Crippen LogP contribution in [0, 0.1) is 11.6 Å². The van der Waals surface area contributed by atoms with Crippen molar-refractivity contribution < 1.29 is 23.0 Å². The highest BCUT2D eigenvalue weighted by Gasteiger charge is 2.08. The van der Waals surface area contributed by atoms with Gasteiger partial charge in [-0.3, -0.25) is 4.79 Å². The van der Waals surface area contributed by atoms with Gasteiger partial charge in [0.25, 0.3) is 5.91 Å². The molecule has 0 aliphatic carbocycles. The molecule has 0 fully saturated rings. The SMILES string of the molecule is COCCOCCCNC(=O)c1ccc(F)c(F)c1. The molecule has 0 spiro atoms. The van der Waals surface area contributed by atoms with Crippen LogP contribution in [0.4, 0.5) is 8.78 Å². The van der Waals surface area contributed by atoms with Gasteiger partial charge < -0.3 is 14.8 Å². The molecule has 19 heavy (non-hydrogen) atoms. The third-order valence-corrected chi connectivity index (χ3v) is 2.36. The first-order valence-corrected chi connectivity index (χ1v) is 5.95. The monoisotopic (exact) mass is 273 g/mol. The Hall–Kier alpha value is -1.53. The molecule has 0 aliphatic heterocycles. The van der Waals surface area contributed by atoms with E-state index >= 15 is 0 Å². The minimum Gasteiger partial charge on any atom is -0.382 e. The summed E-state index contributed by atoms with van der Waals surface area (Å²) < 4.78 is 35.6. The molecule has 0 heterocycles. The first-order valence-electron chi connectivity index (χ1n) is 5.95. The Morgan fingerprint density at radius 1 is 1.21 bits per heavy atom. The van der Waals surface area contributed by atoms with E-state index in [1.165, 1.54) is 6.07 Å². The summed E-state index contributed by atoms with van der Waals surface area (Å²) in [5.74, 6) is -2.44. The Labute approximate surface area is 110 Å². The molecule has 1 rings (SSSR count). The van der Waals surface area contributed by atoms with Crippen LogP contribution in [0.15, 0.2) is 18.2 Å². The second kappa shape index (κ2) is 8.55. The minimum atomic E-state index is -1.03. The lowest BCUT2D eigenvalue weighted by Crippen LogP contribution is -2.25. The van der Waals surface area contributed by atoms with Crippen molar-refractivity contribution in [3.63, 3.8) is 0 Å². The van der Waals surface area contributed by atoms with Gasteiger partial charge in [0.05, 0.1) is 13.2 Å². The summed E-state index contributed by atoms with van der Waals surface area (Å²) in [5.41, 5.74) is 0.0965. The summed E-state index contributed by atoms with van der Waals surface area (Å²) in [6.45, 7) is 1.95. The number of hydrogen-bond donors (Lipinski definition) is 1. The molecule has 0 atom stereocenters. The topological polar surface area (TPSA) is 47.6 Å². The second-order valence-corrected chi connectivity index (χ2v) is 3.84. The number of benzene rings is 1. The van der Waals surface area contributed by atoms with Crippen LogP contribution < -0.4 is 5.32 Å². The highest BCUT2D eigenvalue weighted by atomic mass is 19.2. The molecule has 0 unspecified atom stereocenters. The Balaban J connectivity index is 2.22. The van der Waals surface area contributed by atoms with Crippen LogP contribution in [0.25, 0.3) is 0 Å². The fourth-order valence-electron chi connectivity index (χ4n) is 1.36. The van der Waals surface area contributed by atoms with E-state index < -0.39 is 17.5 Å². The molecule has 1 amide bonds. The van der Waals surface area contributed by atoms with Crippen molar-refractivity contribution in [2.45, 2.75) is 6.42 Å². The molecular formula is C13H17F2NO3. The standard InChI is InChI=1S/C13H17F2NO3/c1-18-7-8-19-6-2-5-16-13(17)10-3-4-11(14)12(15)9-10/h3-4,9H,2,5-8H2,1H3,(H,16,17). The first kappa shape index (κ1) is 15.5. The molecule has 1 N–H and O–H groups in total. The molecule has 1 aromatic carbocycles. The van der Waals surface area contributed by atoms with E-state index in [9.17, 15) is 13.6 Å². The van der Waals surface area contributed by atoms with Crippen molar-refractivity contribution in [2.75, 3.05) is 33.5 Å². The van der Waals surface area contributed by atoms with Crippen LogP contribution in [0.3, 0.4) is 0 Å². The number of hydrogen-bond acceptors (Lipinski definition) is 3. The maximum atomic E-state index is 12.9. The van der Waals surface area contributed by atoms with Gasteiger partial charge in [0.2, 0.25) is 0 Å². The largest absolute Gasteiger partial charge is 0.382 e. The molecule has 0 radical (unpaired) electrons. The van der Waals surface area contributed by atoms with Crippen molar-refractivity contribution in [1.29, 1.82) is 0 Å². The van der Waals surface area contributed by atoms with Crippen LogP contribution in [-0.2, 0) is 9.47 Å². The van der Waals surface area contributed by atoms with Gasteiger partial charge in [-0.05, 0) is 24.6 Å². The molecular weight excluding hydrogens is 256 g/mol. The first-order chi connectivity index (χ1) is 9.15. The lowest BCUT2D eigenvalue weighted by molar-refractivity contribution is 0.0688. The molecule has 6 heteroatoms. The van der Waals surface area contributed by atoms with E-state index in [-0.39, 0.29) is 5.56 Å². The summed E-state index contributed by atoms with van der Waals surface area (Å²) >= 11 is 0. The molecule has 0 aliphatic rings. The van der Waals surface area contributed by atoms with Crippen LogP contribution in [-0.4, -0.2) is 39.4 Å². The quantitative estimate of drug-likeness (QED) is 0.734. The fourth-order valence-corrected chi connectivity index (χ4v) is 1.36. The third kappa shape index (κ3) is 5.76. The van der Waals surface area contributed by atoms with Crippen molar-refractivity contribution >= 4 is 5.91 Å². The average molecular weight is 273 g/mol. The van der Waals surface area contributed by atoms with Gasteiger partial charge in [-0.25, -0.2) is 8.78 Å². The van der Waals surface area contributed by atoms with Gasteiger partial charge in [-0.1, -0.05) is 0 Å². The van der Waals surface area contributed by atoms with Crippen LogP contribution in [0.2, 0.25) is 0 Å². The van der Waals surface area contributed by atoms with Gasteiger partial charge >= 0.3 is 0 Å².